The molecule has 0 fully saturated rings. The van der Waals surface area contributed by atoms with E-state index in [9.17, 15) is 9.59 Å². The Labute approximate surface area is 118 Å². The maximum atomic E-state index is 11.6. The Bertz CT molecular complexity index is 449. The summed E-state index contributed by atoms with van der Waals surface area (Å²) in [6, 6.07) is 6.59. The molecule has 0 spiro atoms. The molecular formula is C14H21N3O3. The second-order valence-corrected chi connectivity index (χ2v) is 4.29. The third kappa shape index (κ3) is 6.08. The number of urea groups is 1. The number of carbonyl (C=O) groups excluding carboxylic acids is 2. The molecule has 6 nitrogen and oxygen atoms in total. The van der Waals surface area contributed by atoms with Crippen molar-refractivity contribution in [2.24, 2.45) is 0 Å². The summed E-state index contributed by atoms with van der Waals surface area (Å²) in [6.07, 6.45) is 2.63. The molecule has 0 aromatic heterocycles. The van der Waals surface area contributed by atoms with Crippen LogP contribution in [0.25, 0.3) is 0 Å². The summed E-state index contributed by atoms with van der Waals surface area (Å²) in [5.74, 6) is 0. The molecule has 110 valence electrons. The molecule has 0 bridgehead atoms. The maximum absolute atomic E-state index is 11.6. The predicted octanol–water partition coefficient (Wildman–Crippen LogP) is 3.18. The summed E-state index contributed by atoms with van der Waals surface area (Å²) in [6.45, 7) is 2.76. The molecule has 1 rings (SSSR count). The molecule has 3 N–H and O–H groups in total. The highest BCUT2D eigenvalue weighted by atomic mass is 16.5. The second kappa shape index (κ2) is 8.79. The lowest BCUT2D eigenvalue weighted by molar-refractivity contribution is 0.187. The van der Waals surface area contributed by atoms with Crippen molar-refractivity contribution >= 4 is 23.5 Å². The number of anilines is 2. The molecule has 0 saturated heterocycles. The molecule has 1 aromatic rings. The normalized spacial score (nSPS) is 9.70. The fourth-order valence-corrected chi connectivity index (χ4v) is 1.60. The van der Waals surface area contributed by atoms with Gasteiger partial charge in [0.15, 0.2) is 0 Å². The molecule has 20 heavy (non-hydrogen) atoms. The first-order valence-electron chi connectivity index (χ1n) is 6.65. The van der Waals surface area contributed by atoms with Gasteiger partial charge in [-0.05, 0) is 24.6 Å². The van der Waals surface area contributed by atoms with Crippen molar-refractivity contribution in [3.63, 3.8) is 0 Å². The van der Waals surface area contributed by atoms with Gasteiger partial charge in [-0.3, -0.25) is 5.32 Å². The van der Waals surface area contributed by atoms with Crippen LogP contribution in [-0.4, -0.2) is 25.8 Å². The largest absolute Gasteiger partial charge is 0.453 e. The van der Waals surface area contributed by atoms with Gasteiger partial charge in [-0.15, -0.1) is 0 Å². The van der Waals surface area contributed by atoms with Crippen molar-refractivity contribution in [3.05, 3.63) is 24.3 Å². The highest BCUT2D eigenvalue weighted by molar-refractivity contribution is 5.91. The van der Waals surface area contributed by atoms with Crippen LogP contribution >= 0.6 is 0 Å². The van der Waals surface area contributed by atoms with E-state index in [1.807, 2.05) is 0 Å². The Morgan fingerprint density at radius 1 is 1.15 bits per heavy atom. The SMILES string of the molecule is CCCCCNC(=O)Nc1cccc(NC(=O)OC)c1. The van der Waals surface area contributed by atoms with E-state index in [1.165, 1.54) is 7.11 Å². The van der Waals surface area contributed by atoms with Crippen LogP contribution in [-0.2, 0) is 4.74 Å². The number of amides is 3. The van der Waals surface area contributed by atoms with Crippen molar-refractivity contribution in [1.29, 1.82) is 0 Å². The van der Waals surface area contributed by atoms with Crippen molar-refractivity contribution in [2.45, 2.75) is 26.2 Å². The number of ether oxygens (including phenoxy) is 1. The molecule has 0 aliphatic heterocycles. The number of hydrogen-bond donors (Lipinski definition) is 3. The Morgan fingerprint density at radius 3 is 2.50 bits per heavy atom. The van der Waals surface area contributed by atoms with E-state index < -0.39 is 6.09 Å². The summed E-state index contributed by atoms with van der Waals surface area (Å²) >= 11 is 0. The summed E-state index contributed by atoms with van der Waals surface area (Å²) in [5, 5.41) is 8.02. The van der Waals surface area contributed by atoms with Crippen LogP contribution in [0.2, 0.25) is 0 Å². The number of benzene rings is 1. The standard InChI is InChI=1S/C14H21N3O3/c1-3-4-5-9-15-13(18)16-11-7-6-8-12(10-11)17-14(19)20-2/h6-8,10H,3-5,9H2,1-2H3,(H,17,19)(H2,15,16,18). The van der Waals surface area contributed by atoms with E-state index in [0.717, 1.165) is 19.3 Å². The van der Waals surface area contributed by atoms with Crippen molar-refractivity contribution in [2.75, 3.05) is 24.3 Å². The molecular weight excluding hydrogens is 258 g/mol. The van der Waals surface area contributed by atoms with E-state index in [2.05, 4.69) is 27.6 Å². The van der Waals surface area contributed by atoms with Gasteiger partial charge < -0.3 is 15.4 Å². The highest BCUT2D eigenvalue weighted by Gasteiger charge is 2.04. The maximum Gasteiger partial charge on any atom is 0.411 e. The van der Waals surface area contributed by atoms with Crippen LogP contribution in [0.15, 0.2) is 24.3 Å². The van der Waals surface area contributed by atoms with Gasteiger partial charge in [-0.2, -0.15) is 0 Å². The Balaban J connectivity index is 2.45. The molecule has 0 atom stereocenters. The summed E-state index contributed by atoms with van der Waals surface area (Å²) in [4.78, 5) is 22.7. The Kier molecular flexibility index (Phi) is 6.95. The zero-order chi connectivity index (χ0) is 14.8. The highest BCUT2D eigenvalue weighted by Crippen LogP contribution is 2.15. The minimum Gasteiger partial charge on any atom is -0.453 e. The summed E-state index contributed by atoms with van der Waals surface area (Å²) < 4.78 is 4.50. The van der Waals surface area contributed by atoms with E-state index >= 15 is 0 Å². The quantitative estimate of drug-likeness (QED) is 0.700. The van der Waals surface area contributed by atoms with Crippen LogP contribution in [0.4, 0.5) is 21.0 Å². The molecule has 3 amide bonds. The van der Waals surface area contributed by atoms with Crippen LogP contribution in [0.1, 0.15) is 26.2 Å². The molecule has 6 heteroatoms. The third-order valence-corrected chi connectivity index (χ3v) is 2.62. The lowest BCUT2D eigenvalue weighted by Gasteiger charge is -2.09. The molecule has 0 saturated carbocycles. The minimum absolute atomic E-state index is 0.253. The zero-order valence-electron chi connectivity index (χ0n) is 11.9. The van der Waals surface area contributed by atoms with Gasteiger partial charge in [0, 0.05) is 17.9 Å². The first-order valence-corrected chi connectivity index (χ1v) is 6.65. The molecule has 1 aromatic carbocycles. The fourth-order valence-electron chi connectivity index (χ4n) is 1.60. The fraction of sp³-hybridized carbons (Fsp3) is 0.429. The van der Waals surface area contributed by atoms with Gasteiger partial charge >= 0.3 is 12.1 Å². The Hall–Kier alpha value is -2.24. The van der Waals surface area contributed by atoms with Gasteiger partial charge in [0.2, 0.25) is 0 Å². The number of unbranched alkanes of at least 4 members (excludes halogenated alkanes) is 2. The van der Waals surface area contributed by atoms with Gasteiger partial charge in [0.05, 0.1) is 7.11 Å². The van der Waals surface area contributed by atoms with Gasteiger partial charge in [0.25, 0.3) is 0 Å². The lowest BCUT2D eigenvalue weighted by Crippen LogP contribution is -2.29. The molecule has 0 aliphatic carbocycles. The number of nitrogens with one attached hydrogen (secondary N) is 3. The average molecular weight is 279 g/mol. The topological polar surface area (TPSA) is 79.5 Å². The average Bonchev–Trinajstić information content (AvgIpc) is 2.44. The number of hydrogen-bond acceptors (Lipinski definition) is 3. The van der Waals surface area contributed by atoms with Gasteiger partial charge in [-0.1, -0.05) is 25.8 Å². The number of carbonyl (C=O) groups is 2. The van der Waals surface area contributed by atoms with Crippen molar-refractivity contribution in [3.8, 4) is 0 Å². The first-order chi connectivity index (χ1) is 9.65. The second-order valence-electron chi connectivity index (χ2n) is 4.29. The molecule has 0 heterocycles. The van der Waals surface area contributed by atoms with Crippen LogP contribution in [0.5, 0.6) is 0 Å². The third-order valence-electron chi connectivity index (χ3n) is 2.62. The van der Waals surface area contributed by atoms with E-state index in [-0.39, 0.29) is 6.03 Å². The predicted molar refractivity (Wildman–Crippen MR) is 79.0 cm³/mol. The minimum atomic E-state index is -0.550. The molecule has 0 radical (unpaired) electrons. The smallest absolute Gasteiger partial charge is 0.411 e. The number of methoxy groups -OCH3 is 1. The van der Waals surface area contributed by atoms with Crippen LogP contribution < -0.4 is 16.0 Å². The van der Waals surface area contributed by atoms with Crippen LogP contribution in [0, 0.1) is 0 Å². The first kappa shape index (κ1) is 15.8. The van der Waals surface area contributed by atoms with E-state index in [0.29, 0.717) is 17.9 Å². The van der Waals surface area contributed by atoms with Gasteiger partial charge in [-0.25, -0.2) is 9.59 Å². The van der Waals surface area contributed by atoms with Crippen molar-refractivity contribution < 1.29 is 14.3 Å². The van der Waals surface area contributed by atoms with Crippen LogP contribution in [0.3, 0.4) is 0 Å². The van der Waals surface area contributed by atoms with Gasteiger partial charge in [0.1, 0.15) is 0 Å². The molecule has 0 unspecified atom stereocenters. The van der Waals surface area contributed by atoms with E-state index in [1.54, 1.807) is 24.3 Å². The van der Waals surface area contributed by atoms with Crippen molar-refractivity contribution in [1.82, 2.24) is 5.32 Å². The summed E-state index contributed by atoms with van der Waals surface area (Å²) in [7, 11) is 1.29. The Morgan fingerprint density at radius 2 is 1.85 bits per heavy atom. The monoisotopic (exact) mass is 279 g/mol. The van der Waals surface area contributed by atoms with E-state index in [4.69, 9.17) is 0 Å². The lowest BCUT2D eigenvalue weighted by atomic mass is 10.2. The molecule has 0 aliphatic rings. The number of rotatable bonds is 6. The zero-order valence-corrected chi connectivity index (χ0v) is 11.9. The summed E-state index contributed by atoms with van der Waals surface area (Å²) in [5.41, 5.74) is 1.16.